The average Bonchev–Trinajstić information content (AvgIpc) is 2.95. The van der Waals surface area contributed by atoms with Crippen molar-refractivity contribution in [3.05, 3.63) is 54.1 Å². The fourth-order valence-electron chi connectivity index (χ4n) is 2.20. The van der Waals surface area contributed by atoms with Gasteiger partial charge in [-0.1, -0.05) is 30.3 Å². The molecule has 2 aromatic rings. The number of benzene rings is 2. The molecule has 0 aromatic heterocycles. The topological polar surface area (TPSA) is 73.6 Å². The molecule has 0 bridgehead atoms. The first kappa shape index (κ1) is 13.5. The molecule has 1 amide bonds. The maximum absolute atomic E-state index is 12.0. The summed E-state index contributed by atoms with van der Waals surface area (Å²) >= 11 is 0. The van der Waals surface area contributed by atoms with Crippen LogP contribution in [0.4, 0.5) is 5.69 Å². The van der Waals surface area contributed by atoms with Gasteiger partial charge in [0.1, 0.15) is 0 Å². The van der Waals surface area contributed by atoms with Crippen LogP contribution in [0.1, 0.15) is 18.0 Å². The second kappa shape index (κ2) is 5.85. The van der Waals surface area contributed by atoms with Crippen LogP contribution in [-0.2, 0) is 4.79 Å². The van der Waals surface area contributed by atoms with Gasteiger partial charge in [0.15, 0.2) is 11.5 Å². The van der Waals surface area contributed by atoms with Crippen molar-refractivity contribution in [2.24, 2.45) is 5.73 Å². The summed E-state index contributed by atoms with van der Waals surface area (Å²) in [4.78, 5) is 12.0. The number of anilines is 1. The van der Waals surface area contributed by atoms with Gasteiger partial charge in [-0.25, -0.2) is 0 Å². The van der Waals surface area contributed by atoms with Crippen LogP contribution in [-0.4, -0.2) is 12.7 Å². The monoisotopic (exact) mass is 284 g/mol. The number of carbonyl (C=O) groups is 1. The highest BCUT2D eigenvalue weighted by Gasteiger charge is 2.15. The molecule has 1 heterocycles. The van der Waals surface area contributed by atoms with Crippen LogP contribution in [0.2, 0.25) is 0 Å². The number of ether oxygens (including phenoxy) is 2. The lowest BCUT2D eigenvalue weighted by Gasteiger charge is -2.12. The van der Waals surface area contributed by atoms with Gasteiger partial charge < -0.3 is 20.5 Å². The average molecular weight is 284 g/mol. The van der Waals surface area contributed by atoms with E-state index in [2.05, 4.69) is 5.32 Å². The van der Waals surface area contributed by atoms with Crippen LogP contribution in [0.25, 0.3) is 0 Å². The number of nitrogens with one attached hydrogen (secondary N) is 1. The maximum atomic E-state index is 12.0. The number of hydrogen-bond donors (Lipinski definition) is 2. The molecule has 0 fully saturated rings. The summed E-state index contributed by atoms with van der Waals surface area (Å²) in [6.45, 7) is 0.214. The van der Waals surface area contributed by atoms with E-state index in [1.54, 1.807) is 18.2 Å². The van der Waals surface area contributed by atoms with E-state index < -0.39 is 0 Å². The van der Waals surface area contributed by atoms with Crippen molar-refractivity contribution < 1.29 is 14.3 Å². The molecule has 0 radical (unpaired) electrons. The molecule has 3 rings (SSSR count). The Morgan fingerprint density at radius 1 is 1.14 bits per heavy atom. The third-order valence-corrected chi connectivity index (χ3v) is 3.29. The van der Waals surface area contributed by atoms with Gasteiger partial charge in [-0.3, -0.25) is 4.79 Å². The summed E-state index contributed by atoms with van der Waals surface area (Å²) in [7, 11) is 0. The Morgan fingerprint density at radius 2 is 1.90 bits per heavy atom. The molecular formula is C16H16N2O3. The summed E-state index contributed by atoms with van der Waals surface area (Å²) in [6, 6.07) is 14.5. The number of carbonyl (C=O) groups excluding carboxylic acids is 1. The van der Waals surface area contributed by atoms with Gasteiger partial charge in [-0.15, -0.1) is 0 Å². The summed E-state index contributed by atoms with van der Waals surface area (Å²) in [6.07, 6.45) is 0.221. The van der Waals surface area contributed by atoms with Crippen molar-refractivity contribution in [1.29, 1.82) is 0 Å². The highest BCUT2D eigenvalue weighted by molar-refractivity contribution is 5.91. The van der Waals surface area contributed by atoms with E-state index in [1.807, 2.05) is 30.3 Å². The van der Waals surface area contributed by atoms with Gasteiger partial charge in [-0.2, -0.15) is 0 Å². The molecule has 1 unspecified atom stereocenters. The molecule has 0 spiro atoms. The number of hydrogen-bond acceptors (Lipinski definition) is 4. The van der Waals surface area contributed by atoms with Gasteiger partial charge in [-0.05, 0) is 17.7 Å². The van der Waals surface area contributed by atoms with Gasteiger partial charge >= 0.3 is 0 Å². The molecule has 108 valence electrons. The molecule has 0 saturated carbocycles. The fraction of sp³-hybridized carbons (Fsp3) is 0.188. The van der Waals surface area contributed by atoms with Crippen molar-refractivity contribution in [2.45, 2.75) is 12.5 Å². The molecule has 0 aliphatic carbocycles. The number of nitrogens with two attached hydrogens (primary N) is 1. The normalized spacial score (nSPS) is 13.8. The van der Waals surface area contributed by atoms with E-state index in [0.717, 1.165) is 5.56 Å². The largest absolute Gasteiger partial charge is 0.454 e. The van der Waals surface area contributed by atoms with Crippen LogP contribution in [0, 0.1) is 0 Å². The lowest BCUT2D eigenvalue weighted by Crippen LogP contribution is -2.20. The minimum Gasteiger partial charge on any atom is -0.454 e. The Bertz CT molecular complexity index is 643. The zero-order chi connectivity index (χ0) is 14.7. The van der Waals surface area contributed by atoms with Crippen molar-refractivity contribution >= 4 is 11.6 Å². The molecule has 1 aliphatic heterocycles. The zero-order valence-corrected chi connectivity index (χ0v) is 11.4. The Labute approximate surface area is 122 Å². The van der Waals surface area contributed by atoms with Crippen molar-refractivity contribution in [3.63, 3.8) is 0 Å². The molecule has 5 nitrogen and oxygen atoms in total. The molecule has 1 atom stereocenters. The summed E-state index contributed by atoms with van der Waals surface area (Å²) in [5.74, 6) is 1.19. The zero-order valence-electron chi connectivity index (χ0n) is 11.4. The van der Waals surface area contributed by atoms with E-state index in [4.69, 9.17) is 15.2 Å². The minimum absolute atomic E-state index is 0.134. The van der Waals surface area contributed by atoms with Crippen molar-refractivity contribution in [2.75, 3.05) is 12.1 Å². The standard InChI is InChI=1S/C16H16N2O3/c17-13(11-4-2-1-3-5-11)9-16(19)18-12-6-7-14-15(8-12)21-10-20-14/h1-8,13H,9-10,17H2,(H,18,19). The van der Waals surface area contributed by atoms with E-state index in [0.29, 0.717) is 17.2 Å². The lowest BCUT2D eigenvalue weighted by molar-refractivity contribution is -0.116. The van der Waals surface area contributed by atoms with Crippen LogP contribution >= 0.6 is 0 Å². The second-order valence-electron chi connectivity index (χ2n) is 4.84. The molecular weight excluding hydrogens is 268 g/mol. The van der Waals surface area contributed by atoms with E-state index in [9.17, 15) is 4.79 Å². The molecule has 1 aliphatic rings. The first-order valence-corrected chi connectivity index (χ1v) is 6.72. The third kappa shape index (κ3) is 3.14. The van der Waals surface area contributed by atoms with Crippen LogP contribution < -0.4 is 20.5 Å². The number of amides is 1. The smallest absolute Gasteiger partial charge is 0.231 e. The molecule has 3 N–H and O–H groups in total. The summed E-state index contributed by atoms with van der Waals surface area (Å²) in [5.41, 5.74) is 7.65. The number of fused-ring (bicyclic) bond motifs is 1. The Kier molecular flexibility index (Phi) is 3.75. The highest BCUT2D eigenvalue weighted by Crippen LogP contribution is 2.34. The first-order chi connectivity index (χ1) is 10.2. The van der Waals surface area contributed by atoms with Gasteiger partial charge in [0.05, 0.1) is 0 Å². The molecule has 2 aromatic carbocycles. The minimum atomic E-state index is -0.319. The predicted octanol–water partition coefficient (Wildman–Crippen LogP) is 2.44. The van der Waals surface area contributed by atoms with E-state index in [-0.39, 0.29) is 25.2 Å². The molecule has 5 heteroatoms. The maximum Gasteiger partial charge on any atom is 0.231 e. The Morgan fingerprint density at radius 3 is 2.71 bits per heavy atom. The van der Waals surface area contributed by atoms with Crippen LogP contribution in [0.3, 0.4) is 0 Å². The Hall–Kier alpha value is -2.53. The van der Waals surface area contributed by atoms with E-state index >= 15 is 0 Å². The van der Waals surface area contributed by atoms with Crippen LogP contribution in [0.5, 0.6) is 11.5 Å². The lowest BCUT2D eigenvalue weighted by atomic mass is 10.0. The van der Waals surface area contributed by atoms with Gasteiger partial charge in [0.25, 0.3) is 0 Å². The van der Waals surface area contributed by atoms with Crippen LogP contribution in [0.15, 0.2) is 48.5 Å². The number of rotatable bonds is 4. The first-order valence-electron chi connectivity index (χ1n) is 6.72. The summed E-state index contributed by atoms with van der Waals surface area (Å²) < 4.78 is 10.5. The van der Waals surface area contributed by atoms with Crippen molar-refractivity contribution in [1.82, 2.24) is 0 Å². The van der Waals surface area contributed by atoms with Gasteiger partial charge in [0.2, 0.25) is 12.7 Å². The second-order valence-corrected chi connectivity index (χ2v) is 4.84. The highest BCUT2D eigenvalue weighted by atomic mass is 16.7. The molecule has 21 heavy (non-hydrogen) atoms. The Balaban J connectivity index is 1.61. The van der Waals surface area contributed by atoms with E-state index in [1.165, 1.54) is 0 Å². The predicted molar refractivity (Wildman–Crippen MR) is 79.2 cm³/mol. The van der Waals surface area contributed by atoms with Crippen molar-refractivity contribution in [3.8, 4) is 11.5 Å². The van der Waals surface area contributed by atoms with Gasteiger partial charge in [0, 0.05) is 24.2 Å². The SMILES string of the molecule is NC(CC(=O)Nc1ccc2c(c1)OCO2)c1ccccc1. The molecule has 0 saturated heterocycles. The summed E-state index contributed by atoms with van der Waals surface area (Å²) in [5, 5.41) is 2.82. The quantitative estimate of drug-likeness (QED) is 0.904. The fourth-order valence-corrected chi connectivity index (χ4v) is 2.20. The third-order valence-electron chi connectivity index (χ3n) is 3.29.